The van der Waals surface area contributed by atoms with Crippen LogP contribution in [0.3, 0.4) is 0 Å². The quantitative estimate of drug-likeness (QED) is 0.346. The molecule has 0 saturated heterocycles. The van der Waals surface area contributed by atoms with E-state index >= 15 is 0 Å². The van der Waals surface area contributed by atoms with E-state index in [2.05, 4.69) is 29.5 Å². The number of aromatic nitrogens is 4. The summed E-state index contributed by atoms with van der Waals surface area (Å²) in [6.45, 7) is 6.17. The van der Waals surface area contributed by atoms with Crippen molar-refractivity contribution in [3.63, 3.8) is 0 Å². The van der Waals surface area contributed by atoms with Crippen molar-refractivity contribution in [2.24, 2.45) is 0 Å². The van der Waals surface area contributed by atoms with Crippen LogP contribution in [0.15, 0.2) is 48.1 Å². The lowest BCUT2D eigenvalue weighted by Gasteiger charge is -2.15. The molecule has 7 nitrogen and oxygen atoms in total. The summed E-state index contributed by atoms with van der Waals surface area (Å²) in [5, 5.41) is 18.8. The van der Waals surface area contributed by atoms with Gasteiger partial charge in [0.15, 0.2) is 4.96 Å². The summed E-state index contributed by atoms with van der Waals surface area (Å²) in [5.74, 6) is 0.800. The fourth-order valence-electron chi connectivity index (χ4n) is 3.34. The van der Waals surface area contributed by atoms with Gasteiger partial charge in [0.2, 0.25) is 5.95 Å². The fraction of sp³-hybridized carbons (Fsp3) is 0.318. The van der Waals surface area contributed by atoms with E-state index < -0.39 is 0 Å². The van der Waals surface area contributed by atoms with E-state index in [9.17, 15) is 5.11 Å². The highest BCUT2D eigenvalue weighted by atomic mass is 32.1. The van der Waals surface area contributed by atoms with Gasteiger partial charge >= 0.3 is 0 Å². The van der Waals surface area contributed by atoms with Gasteiger partial charge in [-0.05, 0) is 38.1 Å². The Kier molecular flexibility index (Phi) is 6.25. The zero-order chi connectivity index (χ0) is 20.9. The van der Waals surface area contributed by atoms with Crippen LogP contribution >= 0.6 is 11.3 Å². The molecule has 3 aromatic heterocycles. The third kappa shape index (κ3) is 4.44. The number of phenols is 1. The van der Waals surface area contributed by atoms with Crippen molar-refractivity contribution in [3.8, 4) is 28.4 Å². The highest BCUT2D eigenvalue weighted by Crippen LogP contribution is 2.34. The highest BCUT2D eigenvalue weighted by Gasteiger charge is 2.19. The first-order chi connectivity index (χ1) is 14.7. The van der Waals surface area contributed by atoms with Crippen molar-refractivity contribution in [2.45, 2.75) is 32.7 Å². The van der Waals surface area contributed by atoms with Gasteiger partial charge in [0.25, 0.3) is 0 Å². The number of thiazole rings is 1. The minimum absolute atomic E-state index is 0.203. The van der Waals surface area contributed by atoms with Crippen LogP contribution in [-0.4, -0.2) is 43.6 Å². The molecule has 4 rings (SSSR count). The maximum Gasteiger partial charge on any atom is 0.223 e. The molecule has 1 aromatic carbocycles. The van der Waals surface area contributed by atoms with Crippen LogP contribution in [0.5, 0.6) is 5.75 Å². The summed E-state index contributed by atoms with van der Waals surface area (Å²) in [6.07, 6.45) is 6.11. The molecule has 0 aliphatic heterocycles. The van der Waals surface area contributed by atoms with Crippen LogP contribution < -0.4 is 10.6 Å². The fourth-order valence-corrected chi connectivity index (χ4v) is 4.05. The summed E-state index contributed by atoms with van der Waals surface area (Å²) in [5.41, 5.74) is 3.30. The van der Waals surface area contributed by atoms with E-state index in [0.29, 0.717) is 5.95 Å². The zero-order valence-electron chi connectivity index (χ0n) is 17.2. The second kappa shape index (κ2) is 9.23. The monoisotopic (exact) mass is 422 g/mol. The van der Waals surface area contributed by atoms with Crippen LogP contribution in [0.4, 0.5) is 5.95 Å². The first kappa shape index (κ1) is 20.3. The Hall–Kier alpha value is -2.97. The molecule has 3 N–H and O–H groups in total. The van der Waals surface area contributed by atoms with E-state index in [1.54, 1.807) is 29.7 Å². The summed E-state index contributed by atoms with van der Waals surface area (Å²) in [7, 11) is 0. The maximum absolute atomic E-state index is 9.94. The van der Waals surface area contributed by atoms with Crippen LogP contribution in [0.2, 0.25) is 0 Å². The summed E-state index contributed by atoms with van der Waals surface area (Å²) in [6, 6.07) is 9.24. The second-order valence-electron chi connectivity index (χ2n) is 7.28. The molecule has 0 bridgehead atoms. The number of imidazole rings is 1. The average molecular weight is 423 g/mol. The van der Waals surface area contributed by atoms with Crippen molar-refractivity contribution in [2.75, 3.05) is 18.4 Å². The molecule has 4 aromatic rings. The number of anilines is 1. The number of hydrogen-bond donors (Lipinski definition) is 3. The van der Waals surface area contributed by atoms with Gasteiger partial charge in [-0.3, -0.25) is 4.40 Å². The molecule has 0 saturated carbocycles. The first-order valence-electron chi connectivity index (χ1n) is 10.2. The Balaban J connectivity index is 1.64. The number of phenolic OH excluding ortho intramolecular Hbond substituents is 1. The predicted octanol–water partition coefficient (Wildman–Crippen LogP) is 4.42. The first-order valence-corrected chi connectivity index (χ1v) is 11.1. The average Bonchev–Trinajstić information content (AvgIpc) is 3.32. The van der Waals surface area contributed by atoms with Gasteiger partial charge in [-0.1, -0.05) is 25.5 Å². The van der Waals surface area contributed by atoms with E-state index in [4.69, 9.17) is 9.97 Å². The topological polar surface area (TPSA) is 87.4 Å². The number of unbranched alkanes of at least 4 members (excludes halogenated alkanes) is 1. The van der Waals surface area contributed by atoms with Crippen molar-refractivity contribution in [3.05, 3.63) is 48.1 Å². The molecule has 3 heterocycles. The minimum Gasteiger partial charge on any atom is -0.508 e. The molecular weight excluding hydrogens is 396 g/mol. The predicted molar refractivity (Wildman–Crippen MR) is 122 cm³/mol. The molecule has 1 unspecified atom stereocenters. The number of nitrogens with one attached hydrogen (secondary N) is 2. The van der Waals surface area contributed by atoms with Crippen molar-refractivity contribution in [1.82, 2.24) is 24.7 Å². The van der Waals surface area contributed by atoms with Gasteiger partial charge in [-0.2, -0.15) is 0 Å². The Morgan fingerprint density at radius 3 is 2.97 bits per heavy atom. The lowest BCUT2D eigenvalue weighted by Crippen LogP contribution is -2.31. The van der Waals surface area contributed by atoms with Crippen molar-refractivity contribution < 1.29 is 5.11 Å². The normalized spacial score (nSPS) is 12.3. The van der Waals surface area contributed by atoms with E-state index in [-0.39, 0.29) is 11.8 Å². The third-order valence-corrected chi connectivity index (χ3v) is 5.57. The van der Waals surface area contributed by atoms with Gasteiger partial charge in [-0.25, -0.2) is 15.0 Å². The number of benzene rings is 1. The molecule has 1 atom stereocenters. The molecule has 8 heteroatoms. The second-order valence-corrected chi connectivity index (χ2v) is 8.16. The number of nitrogens with zero attached hydrogens (tertiary/aromatic N) is 4. The molecule has 0 fully saturated rings. The summed E-state index contributed by atoms with van der Waals surface area (Å²) in [4.78, 5) is 14.8. The number of fused-ring (bicyclic) bond motifs is 1. The lowest BCUT2D eigenvalue weighted by molar-refractivity contribution is 0.475. The molecule has 0 radical (unpaired) electrons. The van der Waals surface area contributed by atoms with Crippen LogP contribution in [0.1, 0.15) is 26.7 Å². The Morgan fingerprint density at radius 2 is 2.13 bits per heavy atom. The van der Waals surface area contributed by atoms with Crippen LogP contribution in [0, 0.1) is 0 Å². The maximum atomic E-state index is 9.94. The van der Waals surface area contributed by atoms with Gasteiger partial charge < -0.3 is 15.7 Å². The molecular formula is C22H26N6OS. The summed E-state index contributed by atoms with van der Waals surface area (Å²) < 4.78 is 2.03. The van der Waals surface area contributed by atoms with E-state index in [0.717, 1.165) is 40.7 Å². The van der Waals surface area contributed by atoms with Gasteiger partial charge in [0, 0.05) is 35.9 Å². The van der Waals surface area contributed by atoms with Crippen molar-refractivity contribution >= 4 is 22.2 Å². The number of rotatable bonds is 9. The Morgan fingerprint density at radius 1 is 1.23 bits per heavy atom. The van der Waals surface area contributed by atoms with E-state index in [1.165, 1.54) is 12.8 Å². The smallest absolute Gasteiger partial charge is 0.223 e. The molecule has 0 aliphatic rings. The molecule has 156 valence electrons. The van der Waals surface area contributed by atoms with E-state index in [1.807, 2.05) is 34.2 Å². The van der Waals surface area contributed by atoms with Crippen LogP contribution in [-0.2, 0) is 0 Å². The highest BCUT2D eigenvalue weighted by molar-refractivity contribution is 7.15. The standard InChI is InChI=1S/C22H26N6OS/c1-3-4-9-23-14-15(2)25-21-24-10-8-18(26-21)20-19(16-6-5-7-17(29)13-16)27-22-28(20)11-12-30-22/h5-8,10-13,15,23,29H,3-4,9,14H2,1-2H3,(H,24,25,26). The molecule has 0 aliphatic carbocycles. The zero-order valence-corrected chi connectivity index (χ0v) is 18.0. The summed E-state index contributed by atoms with van der Waals surface area (Å²) >= 11 is 1.57. The third-order valence-electron chi connectivity index (χ3n) is 4.81. The SMILES string of the molecule is CCCCNCC(C)Nc1nccc(-c2c(-c3cccc(O)c3)nc3sccn23)n1. The minimum atomic E-state index is 0.203. The molecule has 30 heavy (non-hydrogen) atoms. The van der Waals surface area contributed by atoms with Crippen molar-refractivity contribution in [1.29, 1.82) is 0 Å². The van der Waals surface area contributed by atoms with Gasteiger partial charge in [0.05, 0.1) is 11.4 Å². The largest absolute Gasteiger partial charge is 0.508 e. The molecule has 0 amide bonds. The van der Waals surface area contributed by atoms with Crippen LogP contribution in [0.25, 0.3) is 27.6 Å². The van der Waals surface area contributed by atoms with Gasteiger partial charge in [-0.15, -0.1) is 11.3 Å². The lowest BCUT2D eigenvalue weighted by atomic mass is 10.1. The Bertz CT molecular complexity index is 1120. The molecule has 0 spiro atoms. The number of aromatic hydroxyl groups is 1. The van der Waals surface area contributed by atoms with Gasteiger partial charge in [0.1, 0.15) is 11.4 Å². The number of hydrogen-bond acceptors (Lipinski definition) is 7. The Labute approximate surface area is 179 Å².